The number of carbonyl (C=O) groups excluding carboxylic acids is 1. The highest BCUT2D eigenvalue weighted by molar-refractivity contribution is 5.81. The molecule has 2 rings (SSSR count). The highest BCUT2D eigenvalue weighted by atomic mass is 16.2. The van der Waals surface area contributed by atoms with Gasteiger partial charge in [0.15, 0.2) is 0 Å². The van der Waals surface area contributed by atoms with E-state index >= 15 is 0 Å². The second kappa shape index (κ2) is 5.18. The molecule has 0 unspecified atom stereocenters. The van der Waals surface area contributed by atoms with E-state index < -0.39 is 6.04 Å². The van der Waals surface area contributed by atoms with Crippen molar-refractivity contribution in [3.05, 3.63) is 30.1 Å². The fraction of sp³-hybridized carbons (Fsp3) is 0.385. The molecular weight excluding hydrogens is 228 g/mol. The van der Waals surface area contributed by atoms with Crippen LogP contribution in [0.5, 0.6) is 0 Å². The van der Waals surface area contributed by atoms with Crippen molar-refractivity contribution in [2.24, 2.45) is 11.7 Å². The van der Waals surface area contributed by atoms with Crippen LogP contribution in [0.1, 0.15) is 19.7 Å². The zero-order valence-corrected chi connectivity index (χ0v) is 10.6. The first-order chi connectivity index (χ1) is 8.58. The SMILES string of the molecule is CC(C)[C@H](N)C(=O)NCc1nc2ccccc2[nH]1. The highest BCUT2D eigenvalue weighted by Crippen LogP contribution is 2.10. The lowest BCUT2D eigenvalue weighted by molar-refractivity contribution is -0.123. The number of hydrogen-bond acceptors (Lipinski definition) is 3. The lowest BCUT2D eigenvalue weighted by Crippen LogP contribution is -2.43. The Hall–Kier alpha value is -1.88. The zero-order valence-electron chi connectivity index (χ0n) is 10.6. The van der Waals surface area contributed by atoms with E-state index in [-0.39, 0.29) is 11.8 Å². The summed E-state index contributed by atoms with van der Waals surface area (Å²) in [6, 6.07) is 7.27. The standard InChI is InChI=1S/C13H18N4O/c1-8(2)12(14)13(18)15-7-11-16-9-5-3-4-6-10(9)17-11/h3-6,8,12H,7,14H2,1-2H3,(H,15,18)(H,16,17)/t12-/m0/s1. The Morgan fingerprint density at radius 1 is 1.44 bits per heavy atom. The Morgan fingerprint density at radius 3 is 2.83 bits per heavy atom. The number of para-hydroxylation sites is 2. The Bertz CT molecular complexity index is 514. The van der Waals surface area contributed by atoms with Gasteiger partial charge >= 0.3 is 0 Å². The minimum absolute atomic E-state index is 0.126. The number of aromatic amines is 1. The molecule has 4 N–H and O–H groups in total. The minimum Gasteiger partial charge on any atom is -0.348 e. The van der Waals surface area contributed by atoms with Gasteiger partial charge < -0.3 is 16.0 Å². The maximum Gasteiger partial charge on any atom is 0.237 e. The Labute approximate surface area is 106 Å². The number of nitrogens with zero attached hydrogens (tertiary/aromatic N) is 1. The number of nitrogens with two attached hydrogens (primary N) is 1. The number of benzene rings is 1. The first-order valence-corrected chi connectivity index (χ1v) is 6.05. The predicted molar refractivity (Wildman–Crippen MR) is 70.8 cm³/mol. The van der Waals surface area contributed by atoms with Crippen LogP contribution in [0.4, 0.5) is 0 Å². The van der Waals surface area contributed by atoms with Gasteiger partial charge in [-0.1, -0.05) is 26.0 Å². The molecule has 0 saturated heterocycles. The van der Waals surface area contributed by atoms with Crippen LogP contribution in [0.3, 0.4) is 0 Å². The number of hydrogen-bond donors (Lipinski definition) is 3. The smallest absolute Gasteiger partial charge is 0.237 e. The summed E-state index contributed by atoms with van der Waals surface area (Å²) in [7, 11) is 0. The molecular formula is C13H18N4O. The van der Waals surface area contributed by atoms with E-state index in [4.69, 9.17) is 5.73 Å². The van der Waals surface area contributed by atoms with Gasteiger partial charge in [-0.3, -0.25) is 4.79 Å². The molecule has 1 amide bonds. The zero-order chi connectivity index (χ0) is 13.1. The molecule has 0 saturated carbocycles. The van der Waals surface area contributed by atoms with Crippen LogP contribution in [0, 0.1) is 5.92 Å². The third kappa shape index (κ3) is 2.68. The van der Waals surface area contributed by atoms with E-state index in [0.29, 0.717) is 6.54 Å². The molecule has 5 nitrogen and oxygen atoms in total. The molecule has 0 aliphatic carbocycles. The molecule has 18 heavy (non-hydrogen) atoms. The molecule has 1 aromatic heterocycles. The summed E-state index contributed by atoms with van der Waals surface area (Å²) in [6.45, 7) is 4.21. The van der Waals surface area contributed by atoms with Crippen LogP contribution in [-0.2, 0) is 11.3 Å². The van der Waals surface area contributed by atoms with Gasteiger partial charge in [-0.15, -0.1) is 0 Å². The molecule has 0 aliphatic rings. The minimum atomic E-state index is -0.477. The molecule has 0 spiro atoms. The third-order valence-electron chi connectivity index (χ3n) is 2.89. The number of aromatic nitrogens is 2. The summed E-state index contributed by atoms with van der Waals surface area (Å²) in [5.41, 5.74) is 7.62. The lowest BCUT2D eigenvalue weighted by atomic mass is 10.1. The summed E-state index contributed by atoms with van der Waals surface area (Å²) in [4.78, 5) is 19.2. The van der Waals surface area contributed by atoms with E-state index in [9.17, 15) is 4.79 Å². The average molecular weight is 246 g/mol. The first-order valence-electron chi connectivity index (χ1n) is 6.05. The first kappa shape index (κ1) is 12.6. The topological polar surface area (TPSA) is 83.8 Å². The van der Waals surface area contributed by atoms with E-state index in [2.05, 4.69) is 15.3 Å². The molecule has 0 fully saturated rings. The van der Waals surface area contributed by atoms with Gasteiger partial charge in [0.05, 0.1) is 23.6 Å². The quantitative estimate of drug-likeness (QED) is 0.757. The van der Waals surface area contributed by atoms with Gasteiger partial charge in [0, 0.05) is 0 Å². The van der Waals surface area contributed by atoms with Crippen molar-refractivity contribution < 1.29 is 4.79 Å². The summed E-state index contributed by atoms with van der Waals surface area (Å²) in [5, 5.41) is 2.78. The number of fused-ring (bicyclic) bond motifs is 1. The highest BCUT2D eigenvalue weighted by Gasteiger charge is 2.16. The summed E-state index contributed by atoms with van der Waals surface area (Å²) in [5.74, 6) is 0.714. The van der Waals surface area contributed by atoms with Crippen molar-refractivity contribution in [3.63, 3.8) is 0 Å². The largest absolute Gasteiger partial charge is 0.348 e. The lowest BCUT2D eigenvalue weighted by Gasteiger charge is -2.14. The number of imidazole rings is 1. The number of nitrogens with one attached hydrogen (secondary N) is 2. The average Bonchev–Trinajstić information content (AvgIpc) is 2.77. The maximum atomic E-state index is 11.7. The van der Waals surface area contributed by atoms with Crippen LogP contribution < -0.4 is 11.1 Å². The summed E-state index contributed by atoms with van der Waals surface area (Å²) >= 11 is 0. The van der Waals surface area contributed by atoms with Crippen LogP contribution in [0.15, 0.2) is 24.3 Å². The second-order valence-corrected chi connectivity index (χ2v) is 4.69. The van der Waals surface area contributed by atoms with Crippen molar-refractivity contribution in [2.75, 3.05) is 0 Å². The van der Waals surface area contributed by atoms with Crippen molar-refractivity contribution >= 4 is 16.9 Å². The number of rotatable bonds is 4. The molecule has 0 bridgehead atoms. The Balaban J connectivity index is 2.00. The van der Waals surface area contributed by atoms with Crippen LogP contribution in [-0.4, -0.2) is 21.9 Å². The van der Waals surface area contributed by atoms with Crippen LogP contribution in [0.2, 0.25) is 0 Å². The molecule has 0 radical (unpaired) electrons. The van der Waals surface area contributed by atoms with E-state index in [0.717, 1.165) is 16.9 Å². The van der Waals surface area contributed by atoms with Gasteiger partial charge in [-0.05, 0) is 18.1 Å². The molecule has 0 aliphatic heterocycles. The molecule has 2 aromatic rings. The Morgan fingerprint density at radius 2 is 2.17 bits per heavy atom. The van der Waals surface area contributed by atoms with Gasteiger partial charge in [0.1, 0.15) is 5.82 Å². The molecule has 1 aromatic carbocycles. The van der Waals surface area contributed by atoms with Crippen molar-refractivity contribution in [1.29, 1.82) is 0 Å². The molecule has 1 atom stereocenters. The van der Waals surface area contributed by atoms with Gasteiger partial charge in [0.2, 0.25) is 5.91 Å². The number of H-pyrrole nitrogens is 1. The Kier molecular flexibility index (Phi) is 3.62. The van der Waals surface area contributed by atoms with E-state index in [1.807, 2.05) is 38.1 Å². The van der Waals surface area contributed by atoms with Crippen molar-refractivity contribution in [2.45, 2.75) is 26.4 Å². The summed E-state index contributed by atoms with van der Waals surface area (Å²) in [6.07, 6.45) is 0. The fourth-order valence-corrected chi connectivity index (χ4v) is 1.68. The third-order valence-corrected chi connectivity index (χ3v) is 2.89. The molecule has 5 heteroatoms. The monoisotopic (exact) mass is 246 g/mol. The van der Waals surface area contributed by atoms with Gasteiger partial charge in [0.25, 0.3) is 0 Å². The number of amides is 1. The van der Waals surface area contributed by atoms with Crippen LogP contribution in [0.25, 0.3) is 11.0 Å². The predicted octanol–water partition coefficient (Wildman–Crippen LogP) is 1.16. The fourth-order valence-electron chi connectivity index (χ4n) is 1.68. The molecule has 1 heterocycles. The van der Waals surface area contributed by atoms with E-state index in [1.54, 1.807) is 0 Å². The van der Waals surface area contributed by atoms with Gasteiger partial charge in [-0.2, -0.15) is 0 Å². The van der Waals surface area contributed by atoms with Crippen LogP contribution >= 0.6 is 0 Å². The second-order valence-electron chi connectivity index (χ2n) is 4.69. The van der Waals surface area contributed by atoms with Crippen molar-refractivity contribution in [3.8, 4) is 0 Å². The normalized spacial score (nSPS) is 12.9. The summed E-state index contributed by atoms with van der Waals surface area (Å²) < 4.78 is 0. The van der Waals surface area contributed by atoms with Gasteiger partial charge in [-0.25, -0.2) is 4.98 Å². The molecule has 96 valence electrons. The number of carbonyl (C=O) groups is 1. The maximum absolute atomic E-state index is 11.7. The van der Waals surface area contributed by atoms with E-state index in [1.165, 1.54) is 0 Å². The van der Waals surface area contributed by atoms with Crippen molar-refractivity contribution in [1.82, 2.24) is 15.3 Å².